The predicted octanol–water partition coefficient (Wildman–Crippen LogP) is 2.12. The molecule has 1 aliphatic heterocycles. The molecular formula is C17H22N2O5. The van der Waals surface area contributed by atoms with Crippen LogP contribution in [0.3, 0.4) is 0 Å². The molecule has 0 spiro atoms. The number of carbonyl (C=O) groups excluding carboxylic acids is 2. The number of aliphatic carboxylic acids is 1. The van der Waals surface area contributed by atoms with E-state index in [0.717, 1.165) is 5.56 Å². The fraction of sp³-hybridized carbons (Fsp3) is 0.471. The van der Waals surface area contributed by atoms with Gasteiger partial charge in [-0.2, -0.15) is 0 Å². The minimum atomic E-state index is -0.882. The summed E-state index contributed by atoms with van der Waals surface area (Å²) in [7, 11) is 1.36. The molecule has 1 fully saturated rings. The van der Waals surface area contributed by atoms with Gasteiger partial charge < -0.3 is 20.1 Å². The lowest BCUT2D eigenvalue weighted by atomic mass is 9.90. The van der Waals surface area contributed by atoms with Crippen LogP contribution < -0.4 is 5.32 Å². The van der Waals surface area contributed by atoms with Gasteiger partial charge in [-0.05, 0) is 37.5 Å². The molecule has 0 aliphatic carbocycles. The third-order valence-corrected chi connectivity index (χ3v) is 4.33. The topological polar surface area (TPSA) is 95.9 Å². The average Bonchev–Trinajstić information content (AvgIpc) is 2.98. The number of amides is 2. The summed E-state index contributed by atoms with van der Waals surface area (Å²) in [5.41, 5.74) is 0.721. The standard InChI is InChI=1S/C17H22N2O5/c1-17(15(21)22)9-10-19(11-17)16(23)18-13-6-3-12(4-7-13)5-8-14(20)24-2/h3-4,6-7H,5,8-11H2,1-2H3,(H,18,23)(H,21,22). The molecule has 7 heteroatoms. The molecule has 0 bridgehead atoms. The van der Waals surface area contributed by atoms with Gasteiger partial charge in [0.2, 0.25) is 0 Å². The van der Waals surface area contributed by atoms with Crippen molar-refractivity contribution in [2.24, 2.45) is 5.41 Å². The number of benzene rings is 1. The first kappa shape index (κ1) is 17.8. The summed E-state index contributed by atoms with van der Waals surface area (Å²) in [5.74, 6) is -1.14. The number of carboxylic acids is 1. The summed E-state index contributed by atoms with van der Waals surface area (Å²) in [5, 5.41) is 12.0. The molecule has 2 N–H and O–H groups in total. The number of esters is 1. The SMILES string of the molecule is COC(=O)CCc1ccc(NC(=O)N2CCC(C)(C(=O)O)C2)cc1. The molecule has 1 aliphatic rings. The minimum Gasteiger partial charge on any atom is -0.481 e. The zero-order valence-corrected chi connectivity index (χ0v) is 13.9. The fourth-order valence-electron chi connectivity index (χ4n) is 2.61. The van der Waals surface area contributed by atoms with E-state index in [1.165, 1.54) is 12.0 Å². The molecular weight excluding hydrogens is 312 g/mol. The van der Waals surface area contributed by atoms with Gasteiger partial charge in [-0.1, -0.05) is 12.1 Å². The summed E-state index contributed by atoms with van der Waals surface area (Å²) >= 11 is 0. The number of hydrogen-bond donors (Lipinski definition) is 2. The van der Waals surface area contributed by atoms with Crippen LogP contribution >= 0.6 is 0 Å². The molecule has 24 heavy (non-hydrogen) atoms. The summed E-state index contributed by atoms with van der Waals surface area (Å²) in [6.07, 6.45) is 1.33. The van der Waals surface area contributed by atoms with E-state index in [-0.39, 0.29) is 18.5 Å². The molecule has 1 saturated heterocycles. The quantitative estimate of drug-likeness (QED) is 0.804. The van der Waals surface area contributed by atoms with Gasteiger partial charge >= 0.3 is 18.0 Å². The zero-order valence-electron chi connectivity index (χ0n) is 13.9. The van der Waals surface area contributed by atoms with Crippen LogP contribution in [0.5, 0.6) is 0 Å². The first-order chi connectivity index (χ1) is 11.3. The number of likely N-dealkylation sites (tertiary alicyclic amines) is 1. The van der Waals surface area contributed by atoms with Crippen LogP contribution in [0.15, 0.2) is 24.3 Å². The highest BCUT2D eigenvalue weighted by atomic mass is 16.5. The van der Waals surface area contributed by atoms with Crippen molar-refractivity contribution in [3.8, 4) is 0 Å². The molecule has 2 amide bonds. The lowest BCUT2D eigenvalue weighted by Gasteiger charge is -2.20. The van der Waals surface area contributed by atoms with E-state index >= 15 is 0 Å². The van der Waals surface area contributed by atoms with Gasteiger partial charge in [-0.3, -0.25) is 9.59 Å². The third kappa shape index (κ3) is 4.24. The number of nitrogens with zero attached hydrogens (tertiary/aromatic N) is 1. The van der Waals surface area contributed by atoms with E-state index in [1.807, 2.05) is 12.1 Å². The first-order valence-electron chi connectivity index (χ1n) is 7.79. The molecule has 1 unspecified atom stereocenters. The van der Waals surface area contributed by atoms with Crippen molar-refractivity contribution in [1.29, 1.82) is 0 Å². The highest BCUT2D eigenvalue weighted by Gasteiger charge is 2.42. The summed E-state index contributed by atoms with van der Waals surface area (Å²) in [6, 6.07) is 6.89. The molecule has 7 nitrogen and oxygen atoms in total. The lowest BCUT2D eigenvalue weighted by molar-refractivity contribution is -0.147. The van der Waals surface area contributed by atoms with Gasteiger partial charge in [0.15, 0.2) is 0 Å². The van der Waals surface area contributed by atoms with E-state index in [9.17, 15) is 19.5 Å². The Bertz CT molecular complexity index is 628. The monoisotopic (exact) mass is 334 g/mol. The Morgan fingerprint density at radius 2 is 1.96 bits per heavy atom. The summed E-state index contributed by atoms with van der Waals surface area (Å²) in [4.78, 5) is 36.1. The van der Waals surface area contributed by atoms with Crippen molar-refractivity contribution in [2.45, 2.75) is 26.2 Å². The highest BCUT2D eigenvalue weighted by Crippen LogP contribution is 2.30. The summed E-state index contributed by atoms with van der Waals surface area (Å²) in [6.45, 7) is 2.27. The fourth-order valence-corrected chi connectivity index (χ4v) is 2.61. The number of urea groups is 1. The van der Waals surface area contributed by atoms with Crippen LogP contribution in [0.25, 0.3) is 0 Å². The highest BCUT2D eigenvalue weighted by molar-refractivity contribution is 5.90. The summed E-state index contributed by atoms with van der Waals surface area (Å²) < 4.78 is 4.60. The molecule has 0 aromatic heterocycles. The van der Waals surface area contributed by atoms with Crippen LogP contribution in [0, 0.1) is 5.41 Å². The molecule has 1 aromatic rings. The molecule has 130 valence electrons. The van der Waals surface area contributed by atoms with Crippen LogP contribution in [0.2, 0.25) is 0 Å². The van der Waals surface area contributed by atoms with Crippen LogP contribution in [0.1, 0.15) is 25.3 Å². The minimum absolute atomic E-state index is 0.200. The van der Waals surface area contributed by atoms with E-state index < -0.39 is 11.4 Å². The predicted molar refractivity (Wildman–Crippen MR) is 87.7 cm³/mol. The second kappa shape index (κ2) is 7.33. The van der Waals surface area contributed by atoms with Gasteiger partial charge in [-0.25, -0.2) is 4.79 Å². The van der Waals surface area contributed by atoms with Gasteiger partial charge in [0, 0.05) is 25.2 Å². The molecule has 1 aromatic carbocycles. The van der Waals surface area contributed by atoms with E-state index in [0.29, 0.717) is 31.5 Å². The number of methoxy groups -OCH3 is 1. The molecule has 1 atom stereocenters. The van der Waals surface area contributed by atoms with Crippen molar-refractivity contribution in [3.63, 3.8) is 0 Å². The zero-order chi connectivity index (χ0) is 17.7. The normalized spacial score (nSPS) is 19.8. The average molecular weight is 334 g/mol. The van der Waals surface area contributed by atoms with E-state index in [2.05, 4.69) is 10.1 Å². The molecule has 1 heterocycles. The van der Waals surface area contributed by atoms with Gasteiger partial charge in [0.05, 0.1) is 12.5 Å². The van der Waals surface area contributed by atoms with Crippen molar-refractivity contribution in [3.05, 3.63) is 29.8 Å². The van der Waals surface area contributed by atoms with Crippen molar-refractivity contribution in [2.75, 3.05) is 25.5 Å². The number of anilines is 1. The Morgan fingerprint density at radius 3 is 2.50 bits per heavy atom. The second-order valence-corrected chi connectivity index (χ2v) is 6.24. The van der Waals surface area contributed by atoms with E-state index in [1.54, 1.807) is 19.1 Å². The largest absolute Gasteiger partial charge is 0.481 e. The Morgan fingerprint density at radius 1 is 1.29 bits per heavy atom. The number of rotatable bonds is 5. The second-order valence-electron chi connectivity index (χ2n) is 6.24. The maximum Gasteiger partial charge on any atom is 0.321 e. The van der Waals surface area contributed by atoms with Crippen molar-refractivity contribution >= 4 is 23.7 Å². The van der Waals surface area contributed by atoms with Gasteiger partial charge in [0.1, 0.15) is 0 Å². The third-order valence-electron chi connectivity index (χ3n) is 4.33. The maximum atomic E-state index is 12.2. The number of carbonyl (C=O) groups is 3. The van der Waals surface area contributed by atoms with E-state index in [4.69, 9.17) is 0 Å². The number of aryl methyl sites for hydroxylation is 1. The van der Waals surface area contributed by atoms with Crippen molar-refractivity contribution < 1.29 is 24.2 Å². The van der Waals surface area contributed by atoms with Crippen molar-refractivity contribution in [1.82, 2.24) is 4.90 Å². The van der Waals surface area contributed by atoms with Gasteiger partial charge in [-0.15, -0.1) is 0 Å². The number of carboxylic acid groups (broad SMARTS) is 1. The van der Waals surface area contributed by atoms with Crippen LogP contribution in [0.4, 0.5) is 10.5 Å². The molecule has 0 radical (unpaired) electrons. The number of nitrogens with one attached hydrogen (secondary N) is 1. The Hall–Kier alpha value is -2.57. The Balaban J connectivity index is 1.88. The van der Waals surface area contributed by atoms with Gasteiger partial charge in [0.25, 0.3) is 0 Å². The first-order valence-corrected chi connectivity index (χ1v) is 7.79. The van der Waals surface area contributed by atoms with Crippen LogP contribution in [-0.2, 0) is 20.7 Å². The molecule has 0 saturated carbocycles. The molecule has 2 rings (SSSR count). The number of hydrogen-bond acceptors (Lipinski definition) is 4. The Kier molecular flexibility index (Phi) is 5.43. The Labute approximate surface area is 140 Å². The lowest BCUT2D eigenvalue weighted by Crippen LogP contribution is -2.37. The van der Waals surface area contributed by atoms with Crippen LogP contribution in [-0.4, -0.2) is 48.2 Å². The number of ether oxygens (including phenoxy) is 1. The smallest absolute Gasteiger partial charge is 0.321 e. The maximum absolute atomic E-state index is 12.2.